The minimum Gasteiger partial charge on any atom is -0.479 e. The molecule has 2 aromatic rings. The number of aliphatic carboxylic acids is 1. The second-order valence-corrected chi connectivity index (χ2v) is 4.10. The molecule has 0 fully saturated rings. The van der Waals surface area contributed by atoms with Gasteiger partial charge in [-0.2, -0.15) is 0 Å². The predicted molar refractivity (Wildman–Crippen MR) is 66.7 cm³/mol. The van der Waals surface area contributed by atoms with E-state index in [0.29, 0.717) is 10.8 Å². The molecule has 3 nitrogen and oxygen atoms in total. The first-order valence-electron chi connectivity index (χ1n) is 5.16. The van der Waals surface area contributed by atoms with Crippen molar-refractivity contribution in [2.45, 2.75) is 13.0 Å². The zero-order valence-electron chi connectivity index (χ0n) is 9.18. The van der Waals surface area contributed by atoms with Crippen molar-refractivity contribution in [2.75, 3.05) is 0 Å². The molecule has 88 valence electrons. The fraction of sp³-hybridized carbons (Fsp3) is 0.154. The molecule has 2 aromatic carbocycles. The first-order valence-corrected chi connectivity index (χ1v) is 5.54. The van der Waals surface area contributed by atoms with E-state index in [0.717, 1.165) is 10.8 Å². The summed E-state index contributed by atoms with van der Waals surface area (Å²) in [6, 6.07) is 10.8. The second kappa shape index (κ2) is 4.63. The summed E-state index contributed by atoms with van der Waals surface area (Å²) < 4.78 is 5.39. The molecule has 0 aliphatic rings. The van der Waals surface area contributed by atoms with Crippen LogP contribution in [0.1, 0.15) is 6.92 Å². The van der Waals surface area contributed by atoms with Gasteiger partial charge in [0.05, 0.1) is 0 Å². The van der Waals surface area contributed by atoms with Gasteiger partial charge < -0.3 is 9.84 Å². The fourth-order valence-electron chi connectivity index (χ4n) is 1.58. The normalized spacial score (nSPS) is 12.4. The standard InChI is InChI=1S/C13H11ClO3/c1-8(13(15)16)17-12-7-6-11(14)9-4-2-3-5-10(9)12/h2-8H,1H3,(H,15,16)/t8-/m1/s1. The number of carboxylic acids is 1. The van der Waals surface area contributed by atoms with Crippen molar-refractivity contribution in [3.05, 3.63) is 41.4 Å². The van der Waals surface area contributed by atoms with Crippen LogP contribution in [-0.2, 0) is 4.79 Å². The monoisotopic (exact) mass is 250 g/mol. The van der Waals surface area contributed by atoms with Crippen molar-refractivity contribution >= 4 is 28.3 Å². The zero-order chi connectivity index (χ0) is 12.4. The van der Waals surface area contributed by atoms with Gasteiger partial charge in [0.15, 0.2) is 6.10 Å². The van der Waals surface area contributed by atoms with Crippen LogP contribution >= 0.6 is 11.6 Å². The van der Waals surface area contributed by atoms with Crippen LogP contribution in [-0.4, -0.2) is 17.2 Å². The lowest BCUT2D eigenvalue weighted by Crippen LogP contribution is -2.22. The highest BCUT2D eigenvalue weighted by molar-refractivity contribution is 6.35. The van der Waals surface area contributed by atoms with Crippen LogP contribution in [0, 0.1) is 0 Å². The van der Waals surface area contributed by atoms with Crippen LogP contribution in [0.4, 0.5) is 0 Å². The second-order valence-electron chi connectivity index (χ2n) is 3.69. The summed E-state index contributed by atoms with van der Waals surface area (Å²) in [6.07, 6.45) is -0.889. The molecule has 0 radical (unpaired) electrons. The first kappa shape index (κ1) is 11.7. The van der Waals surface area contributed by atoms with Gasteiger partial charge in [0.1, 0.15) is 5.75 Å². The maximum atomic E-state index is 10.8. The quantitative estimate of drug-likeness (QED) is 0.909. The van der Waals surface area contributed by atoms with Gasteiger partial charge >= 0.3 is 5.97 Å². The molecule has 4 heteroatoms. The Balaban J connectivity index is 2.48. The van der Waals surface area contributed by atoms with Crippen molar-refractivity contribution in [3.8, 4) is 5.75 Å². The van der Waals surface area contributed by atoms with E-state index in [9.17, 15) is 4.79 Å². The number of carboxylic acid groups (broad SMARTS) is 1. The Kier molecular flexibility index (Phi) is 3.20. The molecule has 1 N–H and O–H groups in total. The van der Waals surface area contributed by atoms with E-state index < -0.39 is 12.1 Å². The van der Waals surface area contributed by atoms with Gasteiger partial charge in [0.25, 0.3) is 0 Å². The lowest BCUT2D eigenvalue weighted by molar-refractivity contribution is -0.144. The first-order chi connectivity index (χ1) is 8.09. The summed E-state index contributed by atoms with van der Waals surface area (Å²) in [4.78, 5) is 10.8. The summed E-state index contributed by atoms with van der Waals surface area (Å²) >= 11 is 6.06. The Morgan fingerprint density at radius 3 is 2.53 bits per heavy atom. The molecule has 0 unspecified atom stereocenters. The van der Waals surface area contributed by atoms with Crippen molar-refractivity contribution in [3.63, 3.8) is 0 Å². The number of benzene rings is 2. The highest BCUT2D eigenvalue weighted by Crippen LogP contribution is 2.31. The van der Waals surface area contributed by atoms with Crippen molar-refractivity contribution in [1.82, 2.24) is 0 Å². The third-order valence-electron chi connectivity index (χ3n) is 2.48. The van der Waals surface area contributed by atoms with Gasteiger partial charge in [-0.15, -0.1) is 0 Å². The van der Waals surface area contributed by atoms with Crippen molar-refractivity contribution in [2.24, 2.45) is 0 Å². The number of hydrogen-bond acceptors (Lipinski definition) is 2. The number of carbonyl (C=O) groups is 1. The molecule has 1 atom stereocenters. The molecule has 0 saturated heterocycles. The van der Waals surface area contributed by atoms with E-state index in [1.807, 2.05) is 24.3 Å². The number of fused-ring (bicyclic) bond motifs is 1. The minimum atomic E-state index is -0.996. The third-order valence-corrected chi connectivity index (χ3v) is 2.81. The number of hydrogen-bond donors (Lipinski definition) is 1. The third kappa shape index (κ3) is 2.34. The van der Waals surface area contributed by atoms with Gasteiger partial charge in [0, 0.05) is 15.8 Å². The van der Waals surface area contributed by atoms with Crippen molar-refractivity contribution < 1.29 is 14.6 Å². The Labute approximate surface area is 104 Å². The molecule has 0 amide bonds. The number of ether oxygens (including phenoxy) is 1. The summed E-state index contributed by atoms with van der Waals surface area (Å²) in [7, 11) is 0. The Morgan fingerprint density at radius 1 is 1.24 bits per heavy atom. The molecule has 0 bridgehead atoms. The van der Waals surface area contributed by atoms with Crippen LogP contribution in [0.3, 0.4) is 0 Å². The maximum absolute atomic E-state index is 10.8. The average Bonchev–Trinajstić information content (AvgIpc) is 2.33. The SMILES string of the molecule is C[C@@H](Oc1ccc(Cl)c2ccccc12)C(=O)O. The Hall–Kier alpha value is -1.74. The summed E-state index contributed by atoms with van der Waals surface area (Å²) in [5.74, 6) is -0.469. The highest BCUT2D eigenvalue weighted by Gasteiger charge is 2.14. The smallest absolute Gasteiger partial charge is 0.344 e. The molecular formula is C13H11ClO3. The summed E-state index contributed by atoms with van der Waals surface area (Å²) in [6.45, 7) is 1.49. The number of halogens is 1. The van der Waals surface area contributed by atoms with Gasteiger partial charge in [-0.1, -0.05) is 35.9 Å². The average molecular weight is 251 g/mol. The van der Waals surface area contributed by atoms with Crippen LogP contribution in [0.5, 0.6) is 5.75 Å². The predicted octanol–water partition coefficient (Wildman–Crippen LogP) is 3.35. The van der Waals surface area contributed by atoms with E-state index in [-0.39, 0.29) is 0 Å². The molecule has 0 heterocycles. The largest absolute Gasteiger partial charge is 0.479 e. The Morgan fingerprint density at radius 2 is 1.88 bits per heavy atom. The van der Waals surface area contributed by atoms with E-state index in [1.54, 1.807) is 12.1 Å². The molecule has 17 heavy (non-hydrogen) atoms. The van der Waals surface area contributed by atoms with Crippen LogP contribution < -0.4 is 4.74 Å². The maximum Gasteiger partial charge on any atom is 0.344 e. The Bertz CT molecular complexity index is 566. The topological polar surface area (TPSA) is 46.5 Å². The fourth-order valence-corrected chi connectivity index (χ4v) is 1.81. The highest BCUT2D eigenvalue weighted by atomic mass is 35.5. The molecule has 0 aliphatic heterocycles. The van der Waals surface area contributed by atoms with E-state index in [1.165, 1.54) is 6.92 Å². The van der Waals surface area contributed by atoms with E-state index in [2.05, 4.69) is 0 Å². The van der Waals surface area contributed by atoms with Crippen molar-refractivity contribution in [1.29, 1.82) is 0 Å². The number of rotatable bonds is 3. The van der Waals surface area contributed by atoms with Crippen LogP contribution in [0.15, 0.2) is 36.4 Å². The molecule has 0 saturated carbocycles. The lowest BCUT2D eigenvalue weighted by Gasteiger charge is -2.13. The van der Waals surface area contributed by atoms with Gasteiger partial charge in [0.2, 0.25) is 0 Å². The lowest BCUT2D eigenvalue weighted by atomic mass is 10.1. The van der Waals surface area contributed by atoms with Crippen LogP contribution in [0.2, 0.25) is 5.02 Å². The molecule has 0 spiro atoms. The van der Waals surface area contributed by atoms with Gasteiger partial charge in [-0.3, -0.25) is 0 Å². The van der Waals surface area contributed by atoms with Crippen LogP contribution in [0.25, 0.3) is 10.8 Å². The summed E-state index contributed by atoms with van der Waals surface area (Å²) in [5.41, 5.74) is 0. The van der Waals surface area contributed by atoms with E-state index in [4.69, 9.17) is 21.4 Å². The van der Waals surface area contributed by atoms with E-state index >= 15 is 0 Å². The van der Waals surface area contributed by atoms with Gasteiger partial charge in [-0.05, 0) is 19.1 Å². The molecule has 2 rings (SSSR count). The molecular weight excluding hydrogens is 240 g/mol. The minimum absolute atomic E-state index is 0.528. The molecule has 0 aromatic heterocycles. The molecule has 0 aliphatic carbocycles. The zero-order valence-corrected chi connectivity index (χ0v) is 9.94. The summed E-state index contributed by atoms with van der Waals surface area (Å²) in [5, 5.41) is 11.1. The van der Waals surface area contributed by atoms with Gasteiger partial charge in [-0.25, -0.2) is 4.79 Å².